The van der Waals surface area contributed by atoms with E-state index in [1.54, 1.807) is 23.3 Å². The van der Waals surface area contributed by atoms with Gasteiger partial charge in [-0.05, 0) is 6.92 Å². The van der Waals surface area contributed by atoms with E-state index < -0.39 is 0 Å². The standard InChI is InChI=1S/C11H12N6/c1-8-6-16-10(4-13-8)11(5-15-16)17-7-9(2-12)3-14-17/h3,5,7-8,13H,4,6H2,1H3. The second-order valence-electron chi connectivity index (χ2n) is 4.23. The van der Waals surface area contributed by atoms with Crippen LogP contribution in [0.25, 0.3) is 5.69 Å². The van der Waals surface area contributed by atoms with Gasteiger partial charge in [-0.25, -0.2) is 4.68 Å². The lowest BCUT2D eigenvalue weighted by atomic mass is 10.2. The van der Waals surface area contributed by atoms with Gasteiger partial charge in [0.15, 0.2) is 0 Å². The van der Waals surface area contributed by atoms with Gasteiger partial charge in [-0.1, -0.05) is 0 Å². The van der Waals surface area contributed by atoms with Gasteiger partial charge in [0.2, 0.25) is 0 Å². The summed E-state index contributed by atoms with van der Waals surface area (Å²) in [5.41, 5.74) is 2.60. The van der Waals surface area contributed by atoms with Crippen molar-refractivity contribution >= 4 is 0 Å². The molecule has 17 heavy (non-hydrogen) atoms. The van der Waals surface area contributed by atoms with E-state index >= 15 is 0 Å². The Morgan fingerprint density at radius 2 is 2.35 bits per heavy atom. The van der Waals surface area contributed by atoms with Crippen LogP contribution in [0, 0.1) is 11.3 Å². The fraction of sp³-hybridized carbons (Fsp3) is 0.364. The van der Waals surface area contributed by atoms with Crippen molar-refractivity contribution < 1.29 is 0 Å². The number of fused-ring (bicyclic) bond motifs is 1. The second kappa shape index (κ2) is 3.71. The molecule has 3 rings (SSSR count). The smallest absolute Gasteiger partial charge is 0.107 e. The Balaban J connectivity index is 2.02. The van der Waals surface area contributed by atoms with Gasteiger partial charge in [0.1, 0.15) is 11.8 Å². The summed E-state index contributed by atoms with van der Waals surface area (Å²) in [4.78, 5) is 0. The first-order valence-corrected chi connectivity index (χ1v) is 5.51. The molecule has 0 spiro atoms. The largest absolute Gasteiger partial charge is 0.307 e. The third-order valence-electron chi connectivity index (χ3n) is 2.95. The molecule has 3 heterocycles. The molecule has 1 N–H and O–H groups in total. The molecule has 0 aliphatic carbocycles. The molecule has 2 aromatic heterocycles. The molecule has 2 aromatic rings. The number of nitriles is 1. The third kappa shape index (κ3) is 1.61. The van der Waals surface area contributed by atoms with Crippen LogP contribution in [0.5, 0.6) is 0 Å². The molecule has 0 saturated carbocycles. The normalized spacial score (nSPS) is 18.7. The minimum atomic E-state index is 0.433. The van der Waals surface area contributed by atoms with Crippen molar-refractivity contribution in [1.29, 1.82) is 5.26 Å². The number of nitrogens with one attached hydrogen (secondary N) is 1. The van der Waals surface area contributed by atoms with E-state index in [4.69, 9.17) is 5.26 Å². The fourth-order valence-corrected chi connectivity index (χ4v) is 2.04. The maximum Gasteiger partial charge on any atom is 0.107 e. The molecule has 1 aliphatic heterocycles. The van der Waals surface area contributed by atoms with Crippen LogP contribution in [0.15, 0.2) is 18.6 Å². The minimum Gasteiger partial charge on any atom is -0.307 e. The van der Waals surface area contributed by atoms with Crippen LogP contribution >= 0.6 is 0 Å². The van der Waals surface area contributed by atoms with Gasteiger partial charge < -0.3 is 5.32 Å². The highest BCUT2D eigenvalue weighted by Crippen LogP contribution is 2.17. The van der Waals surface area contributed by atoms with E-state index in [2.05, 4.69) is 28.5 Å². The first-order chi connectivity index (χ1) is 8.28. The van der Waals surface area contributed by atoms with E-state index in [1.165, 1.54) is 0 Å². The molecule has 6 nitrogen and oxygen atoms in total. The molecular formula is C11H12N6. The number of hydrogen-bond acceptors (Lipinski definition) is 4. The van der Waals surface area contributed by atoms with E-state index in [1.807, 2.05) is 4.68 Å². The van der Waals surface area contributed by atoms with E-state index in [9.17, 15) is 0 Å². The number of aromatic nitrogens is 4. The zero-order valence-corrected chi connectivity index (χ0v) is 9.46. The van der Waals surface area contributed by atoms with Crippen LogP contribution in [0.2, 0.25) is 0 Å². The Labute approximate surface area is 98.5 Å². The molecule has 0 fully saturated rings. The average molecular weight is 228 g/mol. The molecule has 0 radical (unpaired) electrons. The molecule has 0 amide bonds. The SMILES string of the molecule is CC1Cn2ncc(-n3cc(C#N)cn3)c2CN1. The molecule has 0 bridgehead atoms. The van der Waals surface area contributed by atoms with Gasteiger partial charge >= 0.3 is 0 Å². The fourth-order valence-electron chi connectivity index (χ4n) is 2.04. The predicted octanol–water partition coefficient (Wildman–Crippen LogP) is 0.432. The molecule has 1 atom stereocenters. The minimum absolute atomic E-state index is 0.433. The Bertz CT molecular complexity index is 587. The Hall–Kier alpha value is -2.13. The summed E-state index contributed by atoms with van der Waals surface area (Å²) < 4.78 is 3.69. The van der Waals surface area contributed by atoms with Crippen LogP contribution < -0.4 is 5.32 Å². The summed E-state index contributed by atoms with van der Waals surface area (Å²) in [5, 5.41) is 20.7. The monoisotopic (exact) mass is 228 g/mol. The van der Waals surface area contributed by atoms with Crippen LogP contribution in [0.4, 0.5) is 0 Å². The number of nitrogens with zero attached hydrogens (tertiary/aromatic N) is 5. The third-order valence-corrected chi connectivity index (χ3v) is 2.95. The van der Waals surface area contributed by atoms with Gasteiger partial charge in [-0.3, -0.25) is 4.68 Å². The van der Waals surface area contributed by atoms with Crippen molar-refractivity contribution in [3.63, 3.8) is 0 Å². The summed E-state index contributed by atoms with van der Waals surface area (Å²) in [5.74, 6) is 0. The topological polar surface area (TPSA) is 71.5 Å². The quantitative estimate of drug-likeness (QED) is 0.768. The maximum atomic E-state index is 8.79. The molecular weight excluding hydrogens is 216 g/mol. The van der Waals surface area contributed by atoms with E-state index in [-0.39, 0.29) is 0 Å². The first kappa shape index (κ1) is 10.1. The predicted molar refractivity (Wildman–Crippen MR) is 60.4 cm³/mol. The zero-order valence-electron chi connectivity index (χ0n) is 9.46. The molecule has 86 valence electrons. The van der Waals surface area contributed by atoms with Crippen molar-refractivity contribution in [2.75, 3.05) is 0 Å². The van der Waals surface area contributed by atoms with Crippen LogP contribution in [-0.2, 0) is 13.1 Å². The second-order valence-corrected chi connectivity index (χ2v) is 4.23. The van der Waals surface area contributed by atoms with Crippen molar-refractivity contribution in [2.24, 2.45) is 0 Å². The van der Waals surface area contributed by atoms with Crippen LogP contribution in [0.1, 0.15) is 18.2 Å². The molecule has 1 unspecified atom stereocenters. The van der Waals surface area contributed by atoms with Crippen LogP contribution in [0.3, 0.4) is 0 Å². The van der Waals surface area contributed by atoms with Gasteiger partial charge in [0, 0.05) is 18.8 Å². The number of rotatable bonds is 1. The van der Waals surface area contributed by atoms with Gasteiger partial charge in [-0.2, -0.15) is 15.5 Å². The zero-order chi connectivity index (χ0) is 11.8. The van der Waals surface area contributed by atoms with E-state index in [0.717, 1.165) is 24.5 Å². The molecule has 1 aliphatic rings. The summed E-state index contributed by atoms with van der Waals surface area (Å²) in [6, 6.07) is 2.50. The van der Waals surface area contributed by atoms with Crippen LogP contribution in [-0.4, -0.2) is 25.6 Å². The highest BCUT2D eigenvalue weighted by molar-refractivity contribution is 5.37. The highest BCUT2D eigenvalue weighted by atomic mass is 15.4. The lowest BCUT2D eigenvalue weighted by Gasteiger charge is -2.22. The molecule has 6 heteroatoms. The Morgan fingerprint density at radius 3 is 3.12 bits per heavy atom. The first-order valence-electron chi connectivity index (χ1n) is 5.51. The van der Waals surface area contributed by atoms with Gasteiger partial charge in [-0.15, -0.1) is 0 Å². The maximum absolute atomic E-state index is 8.79. The van der Waals surface area contributed by atoms with Crippen molar-refractivity contribution in [3.05, 3.63) is 29.8 Å². The van der Waals surface area contributed by atoms with Crippen molar-refractivity contribution in [2.45, 2.75) is 26.1 Å². The van der Waals surface area contributed by atoms with Crippen molar-refractivity contribution in [1.82, 2.24) is 24.9 Å². The summed E-state index contributed by atoms with van der Waals surface area (Å²) in [7, 11) is 0. The van der Waals surface area contributed by atoms with Crippen molar-refractivity contribution in [3.8, 4) is 11.8 Å². The summed E-state index contributed by atoms with van der Waals surface area (Å²) in [6.07, 6.45) is 5.07. The lowest BCUT2D eigenvalue weighted by Crippen LogP contribution is -2.37. The molecule has 0 saturated heterocycles. The molecule has 0 aromatic carbocycles. The lowest BCUT2D eigenvalue weighted by molar-refractivity contribution is 0.388. The highest BCUT2D eigenvalue weighted by Gasteiger charge is 2.19. The summed E-state index contributed by atoms with van der Waals surface area (Å²) >= 11 is 0. The van der Waals surface area contributed by atoms with E-state index in [0.29, 0.717) is 11.6 Å². The van der Waals surface area contributed by atoms with Gasteiger partial charge in [0.05, 0.1) is 30.2 Å². The van der Waals surface area contributed by atoms with Gasteiger partial charge in [0.25, 0.3) is 0 Å². The average Bonchev–Trinajstić information content (AvgIpc) is 2.93. The summed E-state index contributed by atoms with van der Waals surface area (Å²) in [6.45, 7) is 3.77. The number of hydrogen-bond donors (Lipinski definition) is 1. The Morgan fingerprint density at radius 1 is 1.47 bits per heavy atom. The Kier molecular flexibility index (Phi) is 2.20.